The number of ether oxygens (including phenoxy) is 1. The first-order valence-corrected chi connectivity index (χ1v) is 5.63. The van der Waals surface area contributed by atoms with E-state index in [4.69, 9.17) is 14.2 Å². The summed E-state index contributed by atoms with van der Waals surface area (Å²) in [5.74, 6) is -1.05. The van der Waals surface area contributed by atoms with Gasteiger partial charge in [0.15, 0.2) is 5.76 Å². The van der Waals surface area contributed by atoms with Crippen LogP contribution in [-0.4, -0.2) is 29.8 Å². The van der Waals surface area contributed by atoms with E-state index < -0.39 is 11.5 Å². The Morgan fingerprint density at radius 1 is 1.33 bits per heavy atom. The summed E-state index contributed by atoms with van der Waals surface area (Å²) >= 11 is 0. The molecular weight excluding hydrogens is 235 g/mol. The number of rotatable bonds is 5. The van der Waals surface area contributed by atoms with Crippen LogP contribution in [0, 0.1) is 5.92 Å². The van der Waals surface area contributed by atoms with Crippen LogP contribution in [-0.2, 0) is 4.74 Å². The Kier molecular flexibility index (Phi) is 4.35. The van der Waals surface area contributed by atoms with Crippen LogP contribution in [0.25, 0.3) is 0 Å². The summed E-state index contributed by atoms with van der Waals surface area (Å²) in [5, 5.41) is 8.87. The van der Waals surface area contributed by atoms with Crippen molar-refractivity contribution < 1.29 is 23.8 Å². The molecule has 0 amide bonds. The van der Waals surface area contributed by atoms with Gasteiger partial charge in [-0.25, -0.2) is 4.79 Å². The highest BCUT2D eigenvalue weighted by atomic mass is 16.6. The van der Waals surface area contributed by atoms with Crippen LogP contribution in [0.1, 0.15) is 48.8 Å². The fraction of sp³-hybridized carbons (Fsp3) is 0.500. The molecule has 1 N–H and O–H groups in total. The summed E-state index contributed by atoms with van der Waals surface area (Å²) in [6, 6.07) is 2.82. The van der Waals surface area contributed by atoms with Gasteiger partial charge in [-0.1, -0.05) is 13.8 Å². The van der Waals surface area contributed by atoms with E-state index in [0.717, 1.165) is 7.48 Å². The normalized spacial score (nSPS) is 11.4. The second-order valence-electron chi connectivity index (χ2n) is 4.80. The van der Waals surface area contributed by atoms with Crippen molar-refractivity contribution in [2.45, 2.75) is 33.2 Å². The van der Waals surface area contributed by atoms with Gasteiger partial charge in [0.1, 0.15) is 5.50 Å². The second-order valence-corrected chi connectivity index (χ2v) is 4.80. The van der Waals surface area contributed by atoms with Gasteiger partial charge in [0.25, 0.3) is 0 Å². The standard InChI is InChI=1S/C12H16BO5/c1-7(2)10(14)8-5-6-9(17-8)11(15)18-12(3,4)13-16/h5-7,16H,1-4H3. The molecule has 1 aromatic rings. The minimum absolute atomic E-state index is 0.0612. The number of hydrogen-bond acceptors (Lipinski definition) is 5. The molecule has 1 radical (unpaired) electrons. The zero-order valence-electron chi connectivity index (χ0n) is 10.9. The van der Waals surface area contributed by atoms with Crippen LogP contribution in [0.3, 0.4) is 0 Å². The molecule has 0 unspecified atom stereocenters. The fourth-order valence-electron chi connectivity index (χ4n) is 1.18. The lowest BCUT2D eigenvalue weighted by Crippen LogP contribution is -2.34. The molecule has 0 bridgehead atoms. The molecule has 97 valence electrons. The van der Waals surface area contributed by atoms with Gasteiger partial charge < -0.3 is 14.2 Å². The molecule has 1 heterocycles. The summed E-state index contributed by atoms with van der Waals surface area (Å²) in [7, 11) is 0.772. The molecule has 0 aliphatic heterocycles. The highest BCUT2D eigenvalue weighted by Crippen LogP contribution is 2.16. The van der Waals surface area contributed by atoms with Gasteiger partial charge in [-0.2, -0.15) is 0 Å². The van der Waals surface area contributed by atoms with Crippen molar-refractivity contribution in [1.29, 1.82) is 0 Å². The number of hydrogen-bond donors (Lipinski definition) is 1. The molecule has 6 heteroatoms. The largest absolute Gasteiger partial charge is 0.460 e. The lowest BCUT2D eigenvalue weighted by atomic mass is 9.78. The third-order valence-electron chi connectivity index (χ3n) is 2.24. The summed E-state index contributed by atoms with van der Waals surface area (Å²) in [5.41, 5.74) is -1.11. The number of furan rings is 1. The third kappa shape index (κ3) is 3.47. The van der Waals surface area contributed by atoms with E-state index in [1.165, 1.54) is 26.0 Å². The maximum absolute atomic E-state index is 11.7. The third-order valence-corrected chi connectivity index (χ3v) is 2.24. The van der Waals surface area contributed by atoms with Crippen LogP contribution < -0.4 is 0 Å². The Balaban J connectivity index is 2.80. The van der Waals surface area contributed by atoms with Gasteiger partial charge in [0, 0.05) is 5.92 Å². The highest BCUT2D eigenvalue weighted by molar-refractivity contribution is 6.30. The number of esters is 1. The highest BCUT2D eigenvalue weighted by Gasteiger charge is 2.27. The van der Waals surface area contributed by atoms with Gasteiger partial charge in [0.2, 0.25) is 11.5 Å². The Bertz CT molecular complexity index is 447. The second kappa shape index (κ2) is 5.39. The van der Waals surface area contributed by atoms with Crippen LogP contribution in [0.5, 0.6) is 0 Å². The first kappa shape index (κ1) is 14.5. The van der Waals surface area contributed by atoms with Crippen molar-refractivity contribution in [2.24, 2.45) is 5.92 Å². The Hall–Kier alpha value is -1.56. The minimum atomic E-state index is -1.11. The van der Waals surface area contributed by atoms with E-state index >= 15 is 0 Å². The Morgan fingerprint density at radius 2 is 1.89 bits per heavy atom. The molecule has 18 heavy (non-hydrogen) atoms. The summed E-state index contributed by atoms with van der Waals surface area (Å²) in [4.78, 5) is 23.3. The molecule has 0 aliphatic rings. The first-order valence-electron chi connectivity index (χ1n) is 5.63. The van der Waals surface area contributed by atoms with E-state index in [1.54, 1.807) is 13.8 Å². The Labute approximate surface area is 106 Å². The van der Waals surface area contributed by atoms with Crippen LogP contribution >= 0.6 is 0 Å². The van der Waals surface area contributed by atoms with Crippen molar-refractivity contribution in [3.63, 3.8) is 0 Å². The zero-order chi connectivity index (χ0) is 13.9. The molecule has 5 nitrogen and oxygen atoms in total. The van der Waals surface area contributed by atoms with Gasteiger partial charge in [-0.15, -0.1) is 0 Å². The summed E-state index contributed by atoms with van der Waals surface area (Å²) in [6.07, 6.45) is 0. The first-order chi connectivity index (χ1) is 8.26. The average Bonchev–Trinajstić information content (AvgIpc) is 2.76. The van der Waals surface area contributed by atoms with Crippen molar-refractivity contribution in [3.05, 3.63) is 23.7 Å². The fourth-order valence-corrected chi connectivity index (χ4v) is 1.18. The summed E-state index contributed by atoms with van der Waals surface area (Å²) < 4.78 is 10.1. The van der Waals surface area contributed by atoms with Crippen molar-refractivity contribution in [3.8, 4) is 0 Å². The van der Waals surface area contributed by atoms with Gasteiger partial charge in [-0.05, 0) is 26.0 Å². The van der Waals surface area contributed by atoms with Crippen molar-refractivity contribution in [1.82, 2.24) is 0 Å². The molecule has 0 saturated carbocycles. The topological polar surface area (TPSA) is 76.7 Å². The number of Topliss-reactive ketones (excluding diaryl/α,β-unsaturated/α-hetero) is 1. The zero-order valence-corrected chi connectivity index (χ0v) is 10.9. The Morgan fingerprint density at radius 3 is 2.39 bits per heavy atom. The predicted octanol–water partition coefficient (Wildman–Crippen LogP) is 1.62. The quantitative estimate of drug-likeness (QED) is 0.488. The van der Waals surface area contributed by atoms with E-state index in [0.29, 0.717) is 0 Å². The maximum atomic E-state index is 11.7. The van der Waals surface area contributed by atoms with E-state index in [2.05, 4.69) is 0 Å². The van der Waals surface area contributed by atoms with Gasteiger partial charge >= 0.3 is 13.5 Å². The molecule has 0 aliphatic carbocycles. The van der Waals surface area contributed by atoms with E-state index in [9.17, 15) is 9.59 Å². The number of ketones is 1. The predicted molar refractivity (Wildman–Crippen MR) is 65.3 cm³/mol. The van der Waals surface area contributed by atoms with Gasteiger partial charge in [0.05, 0.1) is 0 Å². The maximum Gasteiger partial charge on any atom is 0.374 e. The SMILES string of the molecule is CC(C)C(=O)c1ccc(C(=O)OC(C)(C)[B]O)o1. The van der Waals surface area contributed by atoms with E-state index in [-0.39, 0.29) is 23.2 Å². The molecular formula is C12H16BO5. The smallest absolute Gasteiger partial charge is 0.374 e. The lowest BCUT2D eigenvalue weighted by Gasteiger charge is -2.20. The van der Waals surface area contributed by atoms with Gasteiger partial charge in [-0.3, -0.25) is 4.79 Å². The number of carbonyl (C=O) groups is 2. The monoisotopic (exact) mass is 251 g/mol. The molecule has 0 atom stereocenters. The molecule has 1 aromatic heterocycles. The van der Waals surface area contributed by atoms with Crippen LogP contribution in [0.4, 0.5) is 0 Å². The summed E-state index contributed by atoms with van der Waals surface area (Å²) in [6.45, 7) is 6.53. The average molecular weight is 251 g/mol. The molecule has 0 saturated heterocycles. The molecule has 1 rings (SSSR count). The molecule has 0 fully saturated rings. The minimum Gasteiger partial charge on any atom is -0.460 e. The molecule has 0 spiro atoms. The van der Waals surface area contributed by atoms with Crippen LogP contribution in [0.15, 0.2) is 16.5 Å². The lowest BCUT2D eigenvalue weighted by molar-refractivity contribution is 0.0200. The van der Waals surface area contributed by atoms with Crippen LogP contribution in [0.2, 0.25) is 0 Å². The number of carbonyl (C=O) groups excluding carboxylic acids is 2. The van der Waals surface area contributed by atoms with E-state index in [1.807, 2.05) is 0 Å². The van der Waals surface area contributed by atoms with Crippen molar-refractivity contribution >= 4 is 19.2 Å². The van der Waals surface area contributed by atoms with Crippen molar-refractivity contribution in [2.75, 3.05) is 0 Å². The molecule has 0 aromatic carbocycles.